The number of aliphatic hydroxyl groups is 1. The molecule has 0 aromatic heterocycles. The average molecular weight is 532 g/mol. The van der Waals surface area contributed by atoms with Gasteiger partial charge in [-0.2, -0.15) is 30.7 Å². The van der Waals surface area contributed by atoms with Crippen LogP contribution in [0.5, 0.6) is 0 Å². The van der Waals surface area contributed by atoms with Gasteiger partial charge in [0.05, 0.1) is 12.9 Å². The van der Waals surface area contributed by atoms with E-state index in [-0.39, 0.29) is 18.8 Å². The summed E-state index contributed by atoms with van der Waals surface area (Å²) in [4.78, 5) is 11.2. The van der Waals surface area contributed by atoms with Gasteiger partial charge in [0, 0.05) is 23.3 Å². The lowest BCUT2D eigenvalue weighted by Crippen LogP contribution is -2.69. The molecule has 3 aliphatic carbocycles. The Hall–Kier alpha value is -2.36. The molecule has 5 atom stereocenters. The molecule has 1 heterocycles. The fraction of sp³-hybridized carbons (Fsp3) is 0.593. The van der Waals surface area contributed by atoms with Gasteiger partial charge in [-0.3, -0.25) is 4.79 Å². The number of hydrogen-bond donors (Lipinski definition) is 1. The molecule has 1 aromatic carbocycles. The van der Waals surface area contributed by atoms with Crippen LogP contribution in [0.2, 0.25) is 0 Å². The van der Waals surface area contributed by atoms with Gasteiger partial charge in [-0.25, -0.2) is 0 Å². The lowest BCUT2D eigenvalue weighted by Gasteiger charge is -2.56. The van der Waals surface area contributed by atoms with E-state index in [4.69, 9.17) is 4.74 Å². The molecule has 0 radical (unpaired) electrons. The van der Waals surface area contributed by atoms with Crippen LogP contribution in [0.15, 0.2) is 47.2 Å². The van der Waals surface area contributed by atoms with Crippen LogP contribution >= 0.6 is 0 Å². The quantitative estimate of drug-likeness (QED) is 0.336. The molecule has 0 amide bonds. The average Bonchev–Trinajstić information content (AvgIpc) is 3.14. The summed E-state index contributed by atoms with van der Waals surface area (Å²) in [6.45, 7) is 1.65. The van der Waals surface area contributed by atoms with Crippen LogP contribution in [0.25, 0.3) is 0 Å². The lowest BCUT2D eigenvalue weighted by atomic mass is 9.50. The Balaban J connectivity index is 1.68. The van der Waals surface area contributed by atoms with Crippen molar-refractivity contribution in [2.24, 2.45) is 17.3 Å². The van der Waals surface area contributed by atoms with Crippen molar-refractivity contribution in [2.45, 2.75) is 75.0 Å². The third-order valence-corrected chi connectivity index (χ3v) is 9.37. The highest BCUT2D eigenvalue weighted by molar-refractivity contribution is 5.74. The van der Waals surface area contributed by atoms with Crippen molar-refractivity contribution in [3.63, 3.8) is 0 Å². The molecule has 37 heavy (non-hydrogen) atoms. The van der Waals surface area contributed by atoms with Crippen molar-refractivity contribution >= 4 is 6.29 Å². The zero-order chi connectivity index (χ0) is 27.0. The fourth-order valence-electron chi connectivity index (χ4n) is 7.50. The largest absolute Gasteiger partial charge is 0.501 e. The van der Waals surface area contributed by atoms with E-state index in [0.717, 1.165) is 16.7 Å². The second kappa shape index (κ2) is 8.32. The first-order valence-corrected chi connectivity index (χ1v) is 12.3. The van der Waals surface area contributed by atoms with Crippen LogP contribution in [0.3, 0.4) is 0 Å². The van der Waals surface area contributed by atoms with E-state index in [1.165, 1.54) is 6.92 Å². The lowest BCUT2D eigenvalue weighted by molar-refractivity contribution is -0.400. The zero-order valence-electron chi connectivity index (χ0n) is 20.1. The number of ether oxygens (including phenoxy) is 1. The van der Waals surface area contributed by atoms with Crippen LogP contribution in [0, 0.1) is 17.3 Å². The van der Waals surface area contributed by atoms with Gasteiger partial charge >= 0.3 is 18.0 Å². The smallest absolute Gasteiger partial charge is 0.459 e. The number of fused-ring (bicyclic) bond motifs is 4. The van der Waals surface area contributed by atoms with E-state index in [0.29, 0.717) is 43.3 Å². The van der Waals surface area contributed by atoms with Gasteiger partial charge in [-0.05, 0) is 60.6 Å². The molecular formula is C27H27F7O3. The predicted molar refractivity (Wildman–Crippen MR) is 119 cm³/mol. The summed E-state index contributed by atoms with van der Waals surface area (Å²) in [7, 11) is 0. The predicted octanol–water partition coefficient (Wildman–Crippen LogP) is 6.98. The molecule has 5 rings (SSSR count). The van der Waals surface area contributed by atoms with Crippen molar-refractivity contribution in [1.82, 2.24) is 0 Å². The van der Waals surface area contributed by atoms with Crippen LogP contribution in [-0.4, -0.2) is 41.6 Å². The van der Waals surface area contributed by atoms with Crippen LogP contribution in [-0.2, 0) is 4.74 Å². The van der Waals surface area contributed by atoms with Gasteiger partial charge in [-0.15, -0.1) is 0 Å². The van der Waals surface area contributed by atoms with E-state index in [1.54, 1.807) is 30.5 Å². The Morgan fingerprint density at radius 3 is 2.32 bits per heavy atom. The molecular weight excluding hydrogens is 505 g/mol. The first-order valence-electron chi connectivity index (χ1n) is 12.3. The van der Waals surface area contributed by atoms with E-state index in [9.17, 15) is 31.9 Å². The van der Waals surface area contributed by atoms with Crippen LogP contribution in [0.1, 0.15) is 67.3 Å². The number of aldehydes is 1. The minimum absolute atomic E-state index is 0.0929. The second-order valence-electron chi connectivity index (χ2n) is 11.0. The van der Waals surface area contributed by atoms with Gasteiger partial charge < -0.3 is 9.84 Å². The normalized spacial score (nSPS) is 34.2. The molecule has 2 saturated carbocycles. The molecule has 2 fully saturated rings. The van der Waals surface area contributed by atoms with Gasteiger partial charge in [0.25, 0.3) is 0 Å². The van der Waals surface area contributed by atoms with Gasteiger partial charge in [0.1, 0.15) is 11.9 Å². The monoisotopic (exact) mass is 532 g/mol. The molecule has 0 spiro atoms. The van der Waals surface area contributed by atoms with Crippen molar-refractivity contribution < 1.29 is 45.4 Å². The molecule has 10 heteroatoms. The number of alkyl halides is 7. The second-order valence-corrected chi connectivity index (χ2v) is 11.0. The molecule has 3 nitrogen and oxygen atoms in total. The van der Waals surface area contributed by atoms with Crippen molar-refractivity contribution in [1.29, 1.82) is 0 Å². The summed E-state index contributed by atoms with van der Waals surface area (Å²) >= 11 is 0. The highest BCUT2D eigenvalue weighted by Crippen LogP contribution is 2.71. The van der Waals surface area contributed by atoms with E-state index in [1.807, 2.05) is 0 Å². The standard InChI is InChI=1S/C27H27F7O3/c1-23-12-20(16-4-2-15(13-35)3-5-16)22-18-9-11-37-14-17(18)6-7-19(22)21(23)8-10-24(23,36)25(28,29)26(30,31)27(32,33)34/h2-5,13-14,19-21,36H,6-12H2,1H3/t19?,20-,21?,23+,24+/m1/s1. The maximum absolute atomic E-state index is 15.3. The highest BCUT2D eigenvalue weighted by atomic mass is 19.4. The number of halogens is 7. The molecule has 1 aromatic rings. The first kappa shape index (κ1) is 26.3. The molecule has 1 N–H and O–H groups in total. The Bertz CT molecular complexity index is 1150. The highest BCUT2D eigenvalue weighted by Gasteiger charge is 2.84. The minimum Gasteiger partial charge on any atom is -0.501 e. The number of hydrogen-bond acceptors (Lipinski definition) is 3. The Kier molecular flexibility index (Phi) is 5.90. The SMILES string of the molecule is C[C@]12C[C@H](c3ccc(C=O)cc3)C3=C4CCOC=C4CCC3C1CC[C@@]2(O)C(F)(F)C(F)(F)C(F)(F)F. The molecule has 4 aliphatic rings. The summed E-state index contributed by atoms with van der Waals surface area (Å²) in [6, 6.07) is 6.40. The Labute approximate surface area is 209 Å². The van der Waals surface area contributed by atoms with Crippen molar-refractivity contribution in [3.8, 4) is 0 Å². The third-order valence-electron chi connectivity index (χ3n) is 9.37. The summed E-state index contributed by atoms with van der Waals surface area (Å²) in [6.07, 6.45) is -3.81. The Morgan fingerprint density at radius 2 is 1.70 bits per heavy atom. The molecule has 202 valence electrons. The van der Waals surface area contributed by atoms with E-state index >= 15 is 8.78 Å². The maximum Gasteiger partial charge on any atom is 0.459 e. The number of carbonyl (C=O) groups is 1. The van der Waals surface area contributed by atoms with Gasteiger partial charge in [-0.1, -0.05) is 36.8 Å². The summed E-state index contributed by atoms with van der Waals surface area (Å²) in [5, 5.41) is 11.3. The topological polar surface area (TPSA) is 46.5 Å². The van der Waals surface area contributed by atoms with Gasteiger partial charge in [0.2, 0.25) is 0 Å². The number of rotatable bonds is 4. The molecule has 1 aliphatic heterocycles. The molecule has 0 bridgehead atoms. The maximum atomic E-state index is 15.3. The summed E-state index contributed by atoms with van der Waals surface area (Å²) in [5.41, 5.74) is -1.56. The molecule has 0 saturated heterocycles. The van der Waals surface area contributed by atoms with Crippen molar-refractivity contribution in [3.05, 3.63) is 58.4 Å². The summed E-state index contributed by atoms with van der Waals surface area (Å²) < 4.78 is 104. The summed E-state index contributed by atoms with van der Waals surface area (Å²) in [5.74, 6) is -13.8. The van der Waals surface area contributed by atoms with E-state index in [2.05, 4.69) is 0 Å². The Morgan fingerprint density at radius 1 is 1.03 bits per heavy atom. The number of allylic oxidation sites excluding steroid dienone is 2. The van der Waals surface area contributed by atoms with Crippen LogP contribution in [0.4, 0.5) is 30.7 Å². The number of carbonyl (C=O) groups excluding carboxylic acids is 1. The first-order chi connectivity index (χ1) is 17.2. The fourth-order valence-corrected chi connectivity index (χ4v) is 7.50. The van der Waals surface area contributed by atoms with E-state index < -0.39 is 47.3 Å². The minimum atomic E-state index is -6.53. The van der Waals surface area contributed by atoms with Gasteiger partial charge in [0.15, 0.2) is 0 Å². The van der Waals surface area contributed by atoms with Crippen LogP contribution < -0.4 is 0 Å². The number of benzene rings is 1. The zero-order valence-corrected chi connectivity index (χ0v) is 20.1. The van der Waals surface area contributed by atoms with Crippen molar-refractivity contribution in [2.75, 3.05) is 6.61 Å². The molecule has 2 unspecified atom stereocenters. The third kappa shape index (κ3) is 3.46.